The molecule has 1 aliphatic carbocycles. The molecule has 0 spiro atoms. The van der Waals surface area contributed by atoms with Gasteiger partial charge in [-0.15, -0.1) is 0 Å². The first kappa shape index (κ1) is 22.9. The first-order valence-corrected chi connectivity index (χ1v) is 12.9. The maximum atomic E-state index is 13.3. The number of rotatable bonds is 4. The summed E-state index contributed by atoms with van der Waals surface area (Å²) in [6.45, 7) is 8.72. The van der Waals surface area contributed by atoms with Crippen molar-refractivity contribution in [3.05, 3.63) is 71.3 Å². The summed E-state index contributed by atoms with van der Waals surface area (Å²) in [5.74, 6) is 0.0864. The number of ether oxygens (including phenoxy) is 1. The van der Waals surface area contributed by atoms with E-state index in [2.05, 4.69) is 82.3 Å². The lowest BCUT2D eigenvalue weighted by molar-refractivity contribution is 0.00578. The molecule has 2 fully saturated rings. The van der Waals surface area contributed by atoms with E-state index in [1.54, 1.807) is 0 Å². The number of nitrogens with zero attached hydrogens (tertiary/aromatic N) is 1. The molecule has 2 aromatic carbocycles. The molecule has 5 nitrogen and oxygen atoms in total. The maximum absolute atomic E-state index is 13.3. The highest BCUT2D eigenvalue weighted by atomic mass is 16.7. The van der Waals surface area contributed by atoms with Gasteiger partial charge in [0, 0.05) is 18.3 Å². The van der Waals surface area contributed by atoms with Crippen LogP contribution in [0.2, 0.25) is 6.32 Å². The van der Waals surface area contributed by atoms with Crippen LogP contribution in [0, 0.1) is 0 Å². The van der Waals surface area contributed by atoms with Crippen molar-refractivity contribution in [3.8, 4) is 11.1 Å². The number of hydrogen-bond acceptors (Lipinski definition) is 4. The first-order chi connectivity index (χ1) is 16.7. The fourth-order valence-electron chi connectivity index (χ4n) is 6.29. The average Bonchev–Trinajstić information content (AvgIpc) is 3.35. The van der Waals surface area contributed by atoms with Gasteiger partial charge in [-0.05, 0) is 69.2 Å². The van der Waals surface area contributed by atoms with E-state index >= 15 is 0 Å². The molecule has 2 bridgehead atoms. The van der Waals surface area contributed by atoms with Crippen LogP contribution in [0.3, 0.4) is 0 Å². The van der Waals surface area contributed by atoms with Gasteiger partial charge in [-0.25, -0.2) is 4.79 Å². The van der Waals surface area contributed by atoms with E-state index in [9.17, 15) is 4.79 Å². The second kappa shape index (κ2) is 8.24. The van der Waals surface area contributed by atoms with Crippen molar-refractivity contribution in [2.45, 2.75) is 82.5 Å². The van der Waals surface area contributed by atoms with Crippen LogP contribution in [0.15, 0.2) is 60.2 Å². The Morgan fingerprint density at radius 1 is 0.971 bits per heavy atom. The van der Waals surface area contributed by atoms with Crippen LogP contribution in [-0.2, 0) is 14.0 Å². The summed E-state index contributed by atoms with van der Waals surface area (Å²) in [6, 6.07) is 17.2. The van der Waals surface area contributed by atoms with Gasteiger partial charge in [0.1, 0.15) is 6.61 Å². The van der Waals surface area contributed by atoms with Gasteiger partial charge >= 0.3 is 13.2 Å². The van der Waals surface area contributed by atoms with Gasteiger partial charge in [-0.1, -0.05) is 60.2 Å². The quantitative estimate of drug-likeness (QED) is 0.394. The van der Waals surface area contributed by atoms with E-state index in [-0.39, 0.29) is 42.4 Å². The standard InChI is InChI=1S/C29H34BNO4/c1-28(2)29(3,4)35-30(34-28)17-19-15-20-13-14-21(16-19)31(20)27(32)33-18-26-24-11-7-5-9-22(24)23-10-6-8-12-25(23)26/h5-12,15,20-21,26H,13-14,16-18H2,1-4H3. The van der Waals surface area contributed by atoms with Gasteiger partial charge in [0.25, 0.3) is 0 Å². The van der Waals surface area contributed by atoms with Crippen molar-refractivity contribution in [2.75, 3.05) is 6.61 Å². The zero-order valence-corrected chi connectivity index (χ0v) is 21.1. The number of benzene rings is 2. The summed E-state index contributed by atoms with van der Waals surface area (Å²) < 4.78 is 18.4. The smallest absolute Gasteiger partial charge is 0.448 e. The van der Waals surface area contributed by atoms with E-state index in [0.717, 1.165) is 25.6 Å². The molecule has 2 aromatic rings. The van der Waals surface area contributed by atoms with E-state index in [1.807, 2.05) is 4.90 Å². The number of carbonyl (C=O) groups is 1. The van der Waals surface area contributed by atoms with Gasteiger partial charge in [0.2, 0.25) is 0 Å². The SMILES string of the molecule is CC1(C)OB(CC2=CC3CCC(C2)N3C(=O)OCC2c3ccccc3-c3ccccc32)OC1(C)C. The van der Waals surface area contributed by atoms with Crippen molar-refractivity contribution >= 4 is 13.2 Å². The molecular weight excluding hydrogens is 437 g/mol. The Hall–Kier alpha value is -2.57. The summed E-state index contributed by atoms with van der Waals surface area (Å²) in [4.78, 5) is 15.3. The Morgan fingerprint density at radius 3 is 2.17 bits per heavy atom. The molecule has 6 rings (SSSR count). The van der Waals surface area contributed by atoms with Gasteiger partial charge in [-0.2, -0.15) is 0 Å². The molecular formula is C29H34BNO4. The molecule has 6 heteroatoms. The second-order valence-corrected chi connectivity index (χ2v) is 11.4. The lowest BCUT2D eigenvalue weighted by atomic mass is 9.77. The second-order valence-electron chi connectivity index (χ2n) is 11.4. The zero-order valence-electron chi connectivity index (χ0n) is 21.1. The fourth-order valence-corrected chi connectivity index (χ4v) is 6.29. The number of carbonyl (C=O) groups excluding carboxylic acids is 1. The summed E-state index contributed by atoms with van der Waals surface area (Å²) in [7, 11) is -0.230. The molecule has 0 aromatic heterocycles. The third-order valence-electron chi connectivity index (χ3n) is 8.75. The van der Waals surface area contributed by atoms with Crippen molar-refractivity contribution in [1.29, 1.82) is 0 Å². The molecule has 2 unspecified atom stereocenters. The van der Waals surface area contributed by atoms with Crippen LogP contribution in [0.25, 0.3) is 11.1 Å². The molecule has 35 heavy (non-hydrogen) atoms. The number of fused-ring (bicyclic) bond motifs is 5. The highest BCUT2D eigenvalue weighted by molar-refractivity contribution is 6.46. The molecule has 2 atom stereocenters. The van der Waals surface area contributed by atoms with Gasteiger partial charge < -0.3 is 14.0 Å². The summed E-state index contributed by atoms with van der Waals surface area (Å²) >= 11 is 0. The highest BCUT2D eigenvalue weighted by Crippen LogP contribution is 2.45. The van der Waals surface area contributed by atoms with Crippen LogP contribution < -0.4 is 0 Å². The van der Waals surface area contributed by atoms with E-state index in [4.69, 9.17) is 14.0 Å². The summed E-state index contributed by atoms with van der Waals surface area (Å²) in [5, 5.41) is 0. The molecule has 0 N–H and O–H groups in total. The van der Waals surface area contributed by atoms with Gasteiger partial charge in [0.05, 0.1) is 17.2 Å². The lowest BCUT2D eigenvalue weighted by Crippen LogP contribution is -2.44. The van der Waals surface area contributed by atoms with E-state index in [0.29, 0.717) is 6.61 Å². The minimum atomic E-state index is -0.320. The van der Waals surface area contributed by atoms with Crippen molar-refractivity contribution in [1.82, 2.24) is 4.90 Å². The Balaban J connectivity index is 1.13. The number of amides is 1. The Bertz CT molecular complexity index is 1130. The van der Waals surface area contributed by atoms with E-state index in [1.165, 1.54) is 27.8 Å². The molecule has 3 heterocycles. The van der Waals surface area contributed by atoms with Crippen molar-refractivity contribution < 1.29 is 18.8 Å². The van der Waals surface area contributed by atoms with Crippen molar-refractivity contribution in [3.63, 3.8) is 0 Å². The predicted octanol–water partition coefficient (Wildman–Crippen LogP) is 6.19. The molecule has 2 saturated heterocycles. The maximum Gasteiger partial charge on any atom is 0.462 e. The minimum absolute atomic E-state index is 0.0864. The van der Waals surface area contributed by atoms with Crippen LogP contribution in [-0.4, -0.2) is 48.0 Å². The highest BCUT2D eigenvalue weighted by Gasteiger charge is 2.51. The monoisotopic (exact) mass is 471 g/mol. The van der Waals surface area contributed by atoms with Crippen LogP contribution in [0.4, 0.5) is 4.79 Å². The molecule has 4 aliphatic rings. The van der Waals surface area contributed by atoms with Gasteiger partial charge in [-0.3, -0.25) is 4.90 Å². The van der Waals surface area contributed by atoms with E-state index < -0.39 is 0 Å². The summed E-state index contributed by atoms with van der Waals surface area (Å²) in [5.41, 5.74) is 5.67. The molecule has 0 radical (unpaired) electrons. The van der Waals surface area contributed by atoms with Crippen LogP contribution in [0.1, 0.15) is 64.0 Å². The van der Waals surface area contributed by atoms with Crippen LogP contribution >= 0.6 is 0 Å². The first-order valence-electron chi connectivity index (χ1n) is 12.9. The molecule has 0 saturated carbocycles. The molecule has 182 valence electrons. The molecule has 3 aliphatic heterocycles. The fraction of sp³-hybridized carbons (Fsp3) is 0.483. The predicted molar refractivity (Wildman–Crippen MR) is 137 cm³/mol. The Kier molecular flexibility index (Phi) is 5.39. The Morgan fingerprint density at radius 2 is 1.57 bits per heavy atom. The number of hydrogen-bond donors (Lipinski definition) is 0. The topological polar surface area (TPSA) is 48.0 Å². The van der Waals surface area contributed by atoms with Crippen LogP contribution in [0.5, 0.6) is 0 Å². The average molecular weight is 471 g/mol. The Labute approximate surface area is 208 Å². The minimum Gasteiger partial charge on any atom is -0.448 e. The third kappa shape index (κ3) is 3.82. The largest absolute Gasteiger partial charge is 0.462 e. The molecule has 1 amide bonds. The lowest BCUT2D eigenvalue weighted by Gasteiger charge is -2.33. The van der Waals surface area contributed by atoms with Gasteiger partial charge in [0.15, 0.2) is 0 Å². The summed E-state index contributed by atoms with van der Waals surface area (Å²) in [6.07, 6.45) is 5.70. The third-order valence-corrected chi connectivity index (χ3v) is 8.75. The zero-order chi connectivity index (χ0) is 24.4. The van der Waals surface area contributed by atoms with Crippen molar-refractivity contribution in [2.24, 2.45) is 0 Å². The normalized spacial score (nSPS) is 25.9.